The third-order valence-corrected chi connectivity index (χ3v) is 10.1. The molecule has 1 fully saturated rings. The predicted octanol–water partition coefficient (Wildman–Crippen LogP) is 5.28. The van der Waals surface area contributed by atoms with Crippen molar-refractivity contribution in [2.45, 2.75) is 62.6 Å². The third-order valence-electron chi connectivity index (χ3n) is 7.78. The van der Waals surface area contributed by atoms with Gasteiger partial charge in [0.25, 0.3) is 10.0 Å². The van der Waals surface area contributed by atoms with Gasteiger partial charge in [-0.15, -0.1) is 0 Å². The van der Waals surface area contributed by atoms with Crippen molar-refractivity contribution in [1.82, 2.24) is 10.2 Å². The van der Waals surface area contributed by atoms with Gasteiger partial charge in [-0.2, -0.15) is 0 Å². The second kappa shape index (κ2) is 13.8. The van der Waals surface area contributed by atoms with Gasteiger partial charge in [0.1, 0.15) is 25.8 Å². The Kier molecular flexibility index (Phi) is 9.92. The molecular weight excluding hydrogens is 634 g/mol. The molecule has 11 heteroatoms. The lowest BCUT2D eigenvalue weighted by Crippen LogP contribution is -2.53. The fourth-order valence-corrected chi connectivity index (χ4v) is 7.29. The molecule has 0 aromatic heterocycles. The van der Waals surface area contributed by atoms with E-state index in [-0.39, 0.29) is 29.1 Å². The molecule has 1 N–H and O–H groups in total. The van der Waals surface area contributed by atoms with Crippen molar-refractivity contribution in [1.29, 1.82) is 0 Å². The molecule has 0 saturated heterocycles. The Labute approximate surface area is 261 Å². The maximum absolute atomic E-state index is 14.2. The van der Waals surface area contributed by atoms with Crippen LogP contribution in [-0.4, -0.2) is 57.0 Å². The minimum Gasteiger partial charge on any atom is -0.486 e. The van der Waals surface area contributed by atoms with Gasteiger partial charge in [0.15, 0.2) is 11.5 Å². The lowest BCUT2D eigenvalue weighted by atomic mass is 9.95. The van der Waals surface area contributed by atoms with Crippen molar-refractivity contribution >= 4 is 43.5 Å². The summed E-state index contributed by atoms with van der Waals surface area (Å²) < 4.78 is 41.3. The SMILES string of the molecule is C[C@H](C(=O)NC1CCCCC1)N(Cc1cccc(Br)c1)C(=O)CN(c1ccc2c(c1)OCCO2)S(=O)(=O)c1ccccc1. The molecular formula is C32H36BrN3O6S. The number of ether oxygens (including phenoxy) is 2. The highest BCUT2D eigenvalue weighted by atomic mass is 79.9. The minimum absolute atomic E-state index is 0.0410. The van der Waals surface area contributed by atoms with E-state index < -0.39 is 28.5 Å². The van der Waals surface area contributed by atoms with Gasteiger partial charge in [0, 0.05) is 23.1 Å². The summed E-state index contributed by atoms with van der Waals surface area (Å²) in [5.41, 5.74) is 1.06. The van der Waals surface area contributed by atoms with Crippen molar-refractivity contribution in [3.05, 3.63) is 82.8 Å². The van der Waals surface area contributed by atoms with E-state index >= 15 is 0 Å². The van der Waals surface area contributed by atoms with Crippen LogP contribution in [0.4, 0.5) is 5.69 Å². The molecule has 1 aliphatic carbocycles. The number of benzene rings is 3. The third kappa shape index (κ3) is 7.51. The van der Waals surface area contributed by atoms with E-state index in [9.17, 15) is 18.0 Å². The van der Waals surface area contributed by atoms with Gasteiger partial charge in [-0.1, -0.05) is 65.5 Å². The number of amides is 2. The zero-order chi connectivity index (χ0) is 30.4. The first-order valence-electron chi connectivity index (χ1n) is 14.5. The molecule has 2 aliphatic rings. The topological polar surface area (TPSA) is 105 Å². The largest absolute Gasteiger partial charge is 0.486 e. The molecule has 0 bridgehead atoms. The number of carbonyl (C=O) groups excluding carboxylic acids is 2. The van der Waals surface area contributed by atoms with Crippen molar-refractivity contribution < 1.29 is 27.5 Å². The number of carbonyl (C=O) groups is 2. The normalized spacial score (nSPS) is 15.8. The standard InChI is InChI=1S/C32H36BrN3O6S/c1-23(32(38)34-26-11-4-2-5-12-26)35(21-24-9-8-10-25(33)19-24)31(37)22-36(43(39,40)28-13-6-3-7-14-28)27-15-16-29-30(20-27)42-18-17-41-29/h3,6-10,13-16,19-20,23,26H,2,4-5,11-12,17-18,21-22H2,1H3,(H,34,38)/t23-/m1/s1. The maximum atomic E-state index is 14.2. The van der Waals surface area contributed by atoms with E-state index in [4.69, 9.17) is 9.47 Å². The van der Waals surface area contributed by atoms with Crippen molar-refractivity contribution in [3.8, 4) is 11.5 Å². The molecule has 228 valence electrons. The van der Waals surface area contributed by atoms with Gasteiger partial charge >= 0.3 is 0 Å². The fraction of sp³-hybridized carbons (Fsp3) is 0.375. The van der Waals surface area contributed by atoms with E-state index in [1.165, 1.54) is 17.0 Å². The Morgan fingerprint density at radius 3 is 2.37 bits per heavy atom. The minimum atomic E-state index is -4.18. The van der Waals surface area contributed by atoms with E-state index in [2.05, 4.69) is 21.2 Å². The summed E-state index contributed by atoms with van der Waals surface area (Å²) in [6.07, 6.45) is 5.08. The Balaban J connectivity index is 1.48. The van der Waals surface area contributed by atoms with Crippen LogP contribution in [-0.2, 0) is 26.2 Å². The summed E-state index contributed by atoms with van der Waals surface area (Å²) in [4.78, 5) is 29.2. The van der Waals surface area contributed by atoms with Crippen LogP contribution < -0.4 is 19.1 Å². The van der Waals surface area contributed by atoms with Gasteiger partial charge in [-0.25, -0.2) is 8.42 Å². The van der Waals surface area contributed by atoms with Crippen LogP contribution in [0.5, 0.6) is 11.5 Å². The van der Waals surface area contributed by atoms with Crippen LogP contribution in [0.1, 0.15) is 44.6 Å². The first-order chi connectivity index (χ1) is 20.7. The van der Waals surface area contributed by atoms with Crippen LogP contribution in [0.25, 0.3) is 0 Å². The second-order valence-corrected chi connectivity index (χ2v) is 13.6. The van der Waals surface area contributed by atoms with Crippen molar-refractivity contribution in [2.75, 3.05) is 24.1 Å². The monoisotopic (exact) mass is 669 g/mol. The summed E-state index contributed by atoms with van der Waals surface area (Å²) >= 11 is 3.48. The highest BCUT2D eigenvalue weighted by Gasteiger charge is 2.34. The van der Waals surface area contributed by atoms with Crippen LogP contribution in [0.3, 0.4) is 0 Å². The Bertz CT molecular complexity index is 1550. The number of nitrogens with one attached hydrogen (secondary N) is 1. The molecule has 9 nitrogen and oxygen atoms in total. The number of anilines is 1. The zero-order valence-corrected chi connectivity index (χ0v) is 26.5. The summed E-state index contributed by atoms with van der Waals surface area (Å²) in [6.45, 7) is 2.01. The summed E-state index contributed by atoms with van der Waals surface area (Å²) in [7, 11) is -4.18. The number of hydrogen-bond acceptors (Lipinski definition) is 6. The Morgan fingerprint density at radius 2 is 1.65 bits per heavy atom. The van der Waals surface area contributed by atoms with Gasteiger partial charge < -0.3 is 19.7 Å². The lowest BCUT2D eigenvalue weighted by Gasteiger charge is -2.33. The highest BCUT2D eigenvalue weighted by Crippen LogP contribution is 2.36. The first-order valence-corrected chi connectivity index (χ1v) is 16.8. The molecule has 0 radical (unpaired) electrons. The molecule has 5 rings (SSSR count). The molecule has 1 atom stereocenters. The average Bonchev–Trinajstić information content (AvgIpc) is 3.02. The molecule has 2 amide bonds. The number of hydrogen-bond donors (Lipinski definition) is 1. The number of halogens is 1. The number of sulfonamides is 1. The molecule has 43 heavy (non-hydrogen) atoms. The average molecular weight is 671 g/mol. The summed E-state index contributed by atoms with van der Waals surface area (Å²) in [5, 5.41) is 3.12. The Hall–Kier alpha value is -3.57. The first kappa shape index (κ1) is 30.9. The van der Waals surface area contributed by atoms with E-state index in [0.29, 0.717) is 24.7 Å². The number of fused-ring (bicyclic) bond motifs is 1. The molecule has 1 saturated carbocycles. The lowest BCUT2D eigenvalue weighted by molar-refractivity contribution is -0.139. The van der Waals surface area contributed by atoms with Crippen LogP contribution in [0.15, 0.2) is 82.2 Å². The zero-order valence-electron chi connectivity index (χ0n) is 24.1. The van der Waals surface area contributed by atoms with Crippen LogP contribution in [0.2, 0.25) is 0 Å². The van der Waals surface area contributed by atoms with Gasteiger partial charge in [-0.3, -0.25) is 13.9 Å². The number of nitrogens with zero attached hydrogens (tertiary/aromatic N) is 2. The second-order valence-electron chi connectivity index (χ2n) is 10.8. The fourth-order valence-electron chi connectivity index (χ4n) is 5.42. The maximum Gasteiger partial charge on any atom is 0.264 e. The van der Waals surface area contributed by atoms with Gasteiger partial charge in [0.05, 0.1) is 10.6 Å². The smallest absolute Gasteiger partial charge is 0.264 e. The highest BCUT2D eigenvalue weighted by molar-refractivity contribution is 9.10. The predicted molar refractivity (Wildman–Crippen MR) is 168 cm³/mol. The molecule has 0 unspecified atom stereocenters. The van der Waals surface area contributed by atoms with Gasteiger partial charge in [0.2, 0.25) is 11.8 Å². The molecule has 1 heterocycles. The van der Waals surface area contributed by atoms with E-state index in [1.54, 1.807) is 43.3 Å². The summed E-state index contributed by atoms with van der Waals surface area (Å²) in [5.74, 6) is 0.131. The van der Waals surface area contributed by atoms with Crippen LogP contribution >= 0.6 is 15.9 Å². The molecule has 1 aliphatic heterocycles. The quantitative estimate of drug-likeness (QED) is 0.315. The van der Waals surface area contributed by atoms with Crippen molar-refractivity contribution in [3.63, 3.8) is 0 Å². The Morgan fingerprint density at radius 1 is 0.930 bits per heavy atom. The molecule has 0 spiro atoms. The van der Waals surface area contributed by atoms with E-state index in [0.717, 1.165) is 46.4 Å². The van der Waals surface area contributed by atoms with Crippen molar-refractivity contribution in [2.24, 2.45) is 0 Å². The molecule has 3 aromatic carbocycles. The van der Waals surface area contributed by atoms with E-state index in [1.807, 2.05) is 24.3 Å². The summed E-state index contributed by atoms with van der Waals surface area (Å²) in [6, 6.07) is 19.5. The van der Waals surface area contributed by atoms with Crippen LogP contribution in [0, 0.1) is 0 Å². The molecule has 3 aromatic rings. The number of rotatable bonds is 10. The van der Waals surface area contributed by atoms with Gasteiger partial charge in [-0.05, 0) is 61.7 Å².